The monoisotopic (exact) mass is 385 g/mol. The Balaban J connectivity index is 1.79. The standard InChI is InChI=1S/C23H31NO4/c1-14(2)28-21-18-11-10-17-19(12-16(27-4)13-20(17)25)23(18,3)22(26)24(21)15-8-6-5-7-9-15/h5-11,14,16-21,25H,12-13H2,1-4H3/t16-,17+,18+,19+,20-,21+,23-/m0/s1. The van der Waals surface area contributed by atoms with Crippen LogP contribution in [-0.4, -0.2) is 42.7 Å². The van der Waals surface area contributed by atoms with Crippen LogP contribution < -0.4 is 4.90 Å². The summed E-state index contributed by atoms with van der Waals surface area (Å²) in [5, 5.41) is 10.7. The summed E-state index contributed by atoms with van der Waals surface area (Å²) in [7, 11) is 1.69. The van der Waals surface area contributed by atoms with E-state index in [9.17, 15) is 9.90 Å². The molecule has 1 aliphatic heterocycles. The highest BCUT2D eigenvalue weighted by atomic mass is 16.5. The fraction of sp³-hybridized carbons (Fsp3) is 0.609. The van der Waals surface area contributed by atoms with Gasteiger partial charge in [0.2, 0.25) is 5.91 Å². The Morgan fingerprint density at radius 2 is 1.89 bits per heavy atom. The first kappa shape index (κ1) is 19.6. The number of carbonyl (C=O) groups is 1. The van der Waals surface area contributed by atoms with Crippen molar-refractivity contribution in [2.45, 2.75) is 58.2 Å². The van der Waals surface area contributed by atoms with Crippen molar-refractivity contribution in [2.24, 2.45) is 23.2 Å². The third-order valence-electron chi connectivity index (χ3n) is 6.95. The predicted octanol–water partition coefficient (Wildman–Crippen LogP) is 3.38. The van der Waals surface area contributed by atoms with Crippen LogP contribution in [0.4, 0.5) is 5.69 Å². The van der Waals surface area contributed by atoms with E-state index < -0.39 is 11.5 Å². The Morgan fingerprint density at radius 1 is 1.18 bits per heavy atom. The molecule has 1 N–H and O–H groups in total. The second kappa shape index (κ2) is 7.29. The van der Waals surface area contributed by atoms with E-state index in [-0.39, 0.29) is 42.1 Å². The van der Waals surface area contributed by atoms with Gasteiger partial charge in [-0.3, -0.25) is 9.69 Å². The van der Waals surface area contributed by atoms with Gasteiger partial charge in [-0.05, 0) is 45.2 Å². The molecule has 0 spiro atoms. The first-order valence-electron chi connectivity index (χ1n) is 10.3. The SMILES string of the molecule is CO[C@H]1C[C@@H]2[C@@H](C=C[C@@H]3[C@@H](OC(C)C)N(c4ccccc4)C(=O)[C@@]32C)[C@@H](O)C1. The average molecular weight is 386 g/mol. The van der Waals surface area contributed by atoms with Crippen LogP contribution in [0.5, 0.6) is 0 Å². The molecule has 1 aromatic rings. The number of amides is 1. The second-order valence-electron chi connectivity index (χ2n) is 8.86. The number of para-hydroxylation sites is 1. The number of hydrogen-bond donors (Lipinski definition) is 1. The van der Waals surface area contributed by atoms with E-state index in [0.29, 0.717) is 6.42 Å². The normalized spacial score (nSPS) is 39.9. The van der Waals surface area contributed by atoms with Crippen molar-refractivity contribution in [3.8, 4) is 0 Å². The van der Waals surface area contributed by atoms with Gasteiger partial charge in [0.15, 0.2) is 0 Å². The number of hydrogen-bond acceptors (Lipinski definition) is 4. The number of aliphatic hydroxyl groups excluding tert-OH is 1. The molecule has 0 radical (unpaired) electrons. The molecule has 5 nitrogen and oxygen atoms in total. The Labute approximate surface area is 167 Å². The van der Waals surface area contributed by atoms with Gasteiger partial charge in [0.05, 0.1) is 23.7 Å². The smallest absolute Gasteiger partial charge is 0.236 e. The molecule has 1 saturated carbocycles. The lowest BCUT2D eigenvalue weighted by atomic mass is 9.56. The number of nitrogens with zero attached hydrogens (tertiary/aromatic N) is 1. The molecule has 2 fully saturated rings. The number of benzene rings is 1. The summed E-state index contributed by atoms with van der Waals surface area (Å²) >= 11 is 0. The van der Waals surface area contributed by atoms with Gasteiger partial charge in [-0.2, -0.15) is 0 Å². The molecule has 28 heavy (non-hydrogen) atoms. The molecule has 3 aliphatic rings. The maximum absolute atomic E-state index is 13.9. The average Bonchev–Trinajstić information content (AvgIpc) is 2.89. The Hall–Kier alpha value is -1.69. The van der Waals surface area contributed by atoms with Crippen LogP contribution >= 0.6 is 0 Å². The number of fused-ring (bicyclic) bond motifs is 3. The van der Waals surface area contributed by atoms with E-state index in [4.69, 9.17) is 9.47 Å². The molecule has 0 unspecified atom stereocenters. The number of methoxy groups -OCH3 is 1. The van der Waals surface area contributed by atoms with E-state index in [1.807, 2.05) is 49.1 Å². The minimum Gasteiger partial charge on any atom is -0.392 e. The van der Waals surface area contributed by atoms with Crippen LogP contribution in [-0.2, 0) is 14.3 Å². The van der Waals surface area contributed by atoms with E-state index in [1.54, 1.807) is 7.11 Å². The zero-order chi connectivity index (χ0) is 20.1. The van der Waals surface area contributed by atoms with Gasteiger partial charge in [0.1, 0.15) is 6.23 Å². The van der Waals surface area contributed by atoms with Gasteiger partial charge >= 0.3 is 0 Å². The number of carbonyl (C=O) groups excluding carboxylic acids is 1. The predicted molar refractivity (Wildman–Crippen MR) is 108 cm³/mol. The van der Waals surface area contributed by atoms with Crippen molar-refractivity contribution >= 4 is 11.6 Å². The zero-order valence-electron chi connectivity index (χ0n) is 17.1. The lowest BCUT2D eigenvalue weighted by molar-refractivity contribution is -0.137. The van der Waals surface area contributed by atoms with Crippen molar-refractivity contribution in [1.82, 2.24) is 0 Å². The Bertz CT molecular complexity index is 748. The van der Waals surface area contributed by atoms with Gasteiger partial charge < -0.3 is 14.6 Å². The summed E-state index contributed by atoms with van der Waals surface area (Å²) in [6.45, 7) is 6.07. The molecule has 0 aromatic heterocycles. The quantitative estimate of drug-likeness (QED) is 0.808. The first-order valence-corrected chi connectivity index (χ1v) is 10.3. The summed E-state index contributed by atoms with van der Waals surface area (Å²) in [5.41, 5.74) is 0.228. The molecule has 0 bridgehead atoms. The minimum atomic E-state index is -0.632. The maximum Gasteiger partial charge on any atom is 0.236 e. The van der Waals surface area contributed by atoms with Gasteiger partial charge in [-0.15, -0.1) is 0 Å². The summed E-state index contributed by atoms with van der Waals surface area (Å²) < 4.78 is 11.9. The van der Waals surface area contributed by atoms with Gasteiger partial charge in [-0.1, -0.05) is 30.4 Å². The molecule has 1 heterocycles. The van der Waals surface area contributed by atoms with Crippen molar-refractivity contribution < 1.29 is 19.4 Å². The summed E-state index contributed by atoms with van der Waals surface area (Å²) in [5.74, 6) is 0.0204. The molecule has 4 rings (SSSR count). The van der Waals surface area contributed by atoms with Gasteiger partial charge in [0.25, 0.3) is 0 Å². The molecule has 5 heteroatoms. The molecule has 1 amide bonds. The summed E-state index contributed by atoms with van der Waals surface area (Å²) in [6, 6.07) is 9.77. The largest absolute Gasteiger partial charge is 0.392 e. The van der Waals surface area contributed by atoms with E-state index >= 15 is 0 Å². The van der Waals surface area contributed by atoms with Crippen LogP contribution in [0.3, 0.4) is 0 Å². The van der Waals surface area contributed by atoms with Crippen molar-refractivity contribution in [1.29, 1.82) is 0 Å². The van der Waals surface area contributed by atoms with Crippen molar-refractivity contribution in [3.05, 3.63) is 42.5 Å². The lowest BCUT2D eigenvalue weighted by Crippen LogP contribution is -2.52. The highest BCUT2D eigenvalue weighted by Crippen LogP contribution is 2.57. The first-order chi connectivity index (χ1) is 13.4. The zero-order valence-corrected chi connectivity index (χ0v) is 17.1. The van der Waals surface area contributed by atoms with Crippen LogP contribution in [0.1, 0.15) is 33.6 Å². The summed E-state index contributed by atoms with van der Waals surface area (Å²) in [4.78, 5) is 15.7. The number of ether oxygens (including phenoxy) is 2. The molecule has 152 valence electrons. The highest BCUT2D eigenvalue weighted by molar-refractivity contribution is 6.01. The molecule has 2 aliphatic carbocycles. The van der Waals surface area contributed by atoms with E-state index in [1.165, 1.54) is 0 Å². The fourth-order valence-electron chi connectivity index (χ4n) is 5.53. The van der Waals surface area contributed by atoms with Crippen molar-refractivity contribution in [2.75, 3.05) is 12.0 Å². The van der Waals surface area contributed by atoms with Gasteiger partial charge in [-0.25, -0.2) is 0 Å². The molecule has 1 aromatic carbocycles. The number of anilines is 1. The third-order valence-corrected chi connectivity index (χ3v) is 6.95. The highest BCUT2D eigenvalue weighted by Gasteiger charge is 2.64. The molecular formula is C23H31NO4. The van der Waals surface area contributed by atoms with Crippen molar-refractivity contribution in [3.63, 3.8) is 0 Å². The Morgan fingerprint density at radius 3 is 2.54 bits per heavy atom. The Kier molecular flexibility index (Phi) is 5.10. The topological polar surface area (TPSA) is 59.0 Å². The second-order valence-corrected chi connectivity index (χ2v) is 8.86. The summed E-state index contributed by atoms with van der Waals surface area (Å²) in [6.07, 6.45) is 4.77. The van der Waals surface area contributed by atoms with Crippen LogP contribution in [0.15, 0.2) is 42.5 Å². The molecular weight excluding hydrogens is 354 g/mol. The van der Waals surface area contributed by atoms with Crippen LogP contribution in [0.25, 0.3) is 0 Å². The minimum absolute atomic E-state index is 0.00107. The van der Waals surface area contributed by atoms with Crippen LogP contribution in [0.2, 0.25) is 0 Å². The maximum atomic E-state index is 13.9. The molecule has 1 saturated heterocycles. The van der Waals surface area contributed by atoms with E-state index in [2.05, 4.69) is 19.1 Å². The third kappa shape index (κ3) is 2.92. The van der Waals surface area contributed by atoms with Gasteiger partial charge in [0, 0.05) is 31.1 Å². The van der Waals surface area contributed by atoms with E-state index in [0.717, 1.165) is 12.1 Å². The number of aliphatic hydroxyl groups is 1. The fourth-order valence-corrected chi connectivity index (χ4v) is 5.53. The van der Waals surface area contributed by atoms with Crippen LogP contribution in [0, 0.1) is 23.2 Å². The number of rotatable bonds is 4. The lowest BCUT2D eigenvalue weighted by Gasteiger charge is -2.49. The molecule has 7 atom stereocenters.